The van der Waals surface area contributed by atoms with E-state index in [0.717, 1.165) is 89.1 Å². The highest BCUT2D eigenvalue weighted by Crippen LogP contribution is 2.70. The van der Waals surface area contributed by atoms with Crippen LogP contribution in [0.5, 0.6) is 0 Å². The van der Waals surface area contributed by atoms with Gasteiger partial charge in [-0.2, -0.15) is 0 Å². The maximum Gasteiger partial charge on any atom is 0.323 e. The molecule has 7 fully saturated rings. The van der Waals surface area contributed by atoms with E-state index in [4.69, 9.17) is 37.9 Å². The van der Waals surface area contributed by atoms with Crippen LogP contribution in [0.4, 0.5) is 0 Å². The second-order valence-electron chi connectivity index (χ2n) is 20.3. The first-order valence-corrected chi connectivity index (χ1v) is 22.8. The Morgan fingerprint density at radius 2 is 1.69 bits per heavy atom. The smallest absolute Gasteiger partial charge is 0.323 e. The van der Waals surface area contributed by atoms with Gasteiger partial charge in [0, 0.05) is 44.3 Å². The molecule has 9 unspecified atom stereocenters. The van der Waals surface area contributed by atoms with Gasteiger partial charge in [-0.05, 0) is 131 Å². The topological polar surface area (TPSA) is 138 Å². The molecule has 0 spiro atoms. The Kier molecular flexibility index (Phi) is 12.6. The summed E-state index contributed by atoms with van der Waals surface area (Å²) in [6.07, 6.45) is 10.2. The van der Waals surface area contributed by atoms with Crippen LogP contribution in [0.1, 0.15) is 125 Å². The Hall–Kier alpha value is -1.90. The second kappa shape index (κ2) is 17.0. The van der Waals surface area contributed by atoms with Crippen LogP contribution in [0.25, 0.3) is 0 Å². The highest BCUT2D eigenvalue weighted by molar-refractivity contribution is 5.30. The van der Waals surface area contributed by atoms with E-state index in [1.807, 2.05) is 6.92 Å². The van der Waals surface area contributed by atoms with Crippen LogP contribution in [0, 0.1) is 40.4 Å². The number of aliphatic hydroxyl groups excluding tert-OH is 2. The number of nitrogens with zero attached hydrogens (tertiary/aromatic N) is 1. The third-order valence-electron chi connectivity index (χ3n) is 16.7. The molecule has 5 saturated carbocycles. The zero-order chi connectivity index (χ0) is 40.6. The van der Waals surface area contributed by atoms with Gasteiger partial charge in [-0.1, -0.05) is 27.9 Å². The minimum absolute atomic E-state index is 0. The highest BCUT2D eigenvalue weighted by atomic mass is 16.8. The number of rotatable bonds is 10. The number of hydrogen-bond donors (Lipinski definition) is 3. The predicted octanol–water partition coefficient (Wildman–Crippen LogP) is 6.92. The lowest BCUT2D eigenvalue weighted by Crippen LogP contribution is -2.62. The van der Waals surface area contributed by atoms with Crippen molar-refractivity contribution in [2.45, 2.75) is 186 Å². The fourth-order valence-electron chi connectivity index (χ4n) is 13.4. The van der Waals surface area contributed by atoms with E-state index in [0.29, 0.717) is 36.7 Å². The number of aliphatic hydroxyl groups is 3. The highest BCUT2D eigenvalue weighted by Gasteiger charge is 2.67. The van der Waals surface area contributed by atoms with Crippen LogP contribution in [0.3, 0.4) is 0 Å². The maximum atomic E-state index is 12.7. The molecule has 0 aromatic carbocycles. The Morgan fingerprint density at radius 3 is 2.42 bits per heavy atom. The van der Waals surface area contributed by atoms with Crippen molar-refractivity contribution in [1.29, 1.82) is 0 Å². The van der Waals surface area contributed by atoms with Crippen molar-refractivity contribution in [3.8, 4) is 0 Å². The summed E-state index contributed by atoms with van der Waals surface area (Å²) in [6, 6.07) is 0. The minimum Gasteiger partial charge on any atom is -0.490 e. The van der Waals surface area contributed by atoms with Crippen molar-refractivity contribution in [3.63, 3.8) is 0 Å². The van der Waals surface area contributed by atoms with E-state index >= 15 is 0 Å². The van der Waals surface area contributed by atoms with Crippen LogP contribution < -0.4 is 0 Å². The van der Waals surface area contributed by atoms with Crippen LogP contribution in [0.15, 0.2) is 35.7 Å². The van der Waals surface area contributed by atoms with Gasteiger partial charge in [0.2, 0.25) is 18.3 Å². The molecule has 2 saturated heterocycles. The minimum atomic E-state index is -1.03. The van der Waals surface area contributed by atoms with Crippen molar-refractivity contribution < 1.29 is 53.2 Å². The Labute approximate surface area is 352 Å². The zero-order valence-corrected chi connectivity index (χ0v) is 35.7. The number of hydrogen-bond acceptors (Lipinski definition) is 12. The molecule has 9 aliphatic rings. The normalized spacial score (nSPS) is 47.7. The Morgan fingerprint density at radius 1 is 0.881 bits per heavy atom. The maximum absolute atomic E-state index is 12.7. The van der Waals surface area contributed by atoms with Gasteiger partial charge in [0.15, 0.2) is 6.29 Å². The fourth-order valence-corrected chi connectivity index (χ4v) is 13.4. The summed E-state index contributed by atoms with van der Waals surface area (Å²) in [5, 5.41) is 35.3. The summed E-state index contributed by atoms with van der Waals surface area (Å²) in [4.78, 5) is 2.45. The SMILES string of the molecule is C.C=C1C=C([C@H]2CC[C@]3(O)C4CCC5CC(OC6C[C@H](O)[C@H](O[C@H]7C[C@H](O)C(OC8CCN(CC9CC9)CC(C)O8)=C(OC)O7)[C@H](C)O6)CCC5(C)C4CCC23C)CO1. The van der Waals surface area contributed by atoms with Crippen LogP contribution in [-0.4, -0.2) is 115 Å². The van der Waals surface area contributed by atoms with Crippen LogP contribution in [-0.2, 0) is 37.9 Å². The van der Waals surface area contributed by atoms with Crippen molar-refractivity contribution in [1.82, 2.24) is 4.90 Å². The summed E-state index contributed by atoms with van der Waals surface area (Å²) in [5.41, 5.74) is 0.721. The van der Waals surface area contributed by atoms with E-state index in [-0.39, 0.29) is 55.0 Å². The van der Waals surface area contributed by atoms with E-state index in [1.165, 1.54) is 25.5 Å². The van der Waals surface area contributed by atoms with Gasteiger partial charge in [0.05, 0.1) is 37.1 Å². The lowest BCUT2D eigenvalue weighted by molar-refractivity contribution is -0.304. The van der Waals surface area contributed by atoms with E-state index in [1.54, 1.807) is 0 Å². The van der Waals surface area contributed by atoms with E-state index < -0.39 is 48.9 Å². The third kappa shape index (κ3) is 8.25. The van der Waals surface area contributed by atoms with Gasteiger partial charge in [0.25, 0.3) is 0 Å². The first-order chi connectivity index (χ1) is 27.8. The van der Waals surface area contributed by atoms with E-state index in [9.17, 15) is 15.3 Å². The van der Waals surface area contributed by atoms with Crippen molar-refractivity contribution >= 4 is 0 Å². The molecule has 12 heteroatoms. The Balaban J connectivity index is 0.00000484. The summed E-state index contributed by atoms with van der Waals surface area (Å²) in [6.45, 7) is 16.3. The van der Waals surface area contributed by atoms with Gasteiger partial charge in [0.1, 0.15) is 24.6 Å². The van der Waals surface area contributed by atoms with Crippen molar-refractivity contribution in [2.75, 3.05) is 33.4 Å². The van der Waals surface area contributed by atoms with Gasteiger partial charge < -0.3 is 58.1 Å². The molecule has 5 aliphatic carbocycles. The average molecular weight is 830 g/mol. The van der Waals surface area contributed by atoms with Gasteiger partial charge in [-0.25, -0.2) is 0 Å². The lowest BCUT2D eigenvalue weighted by Gasteiger charge is -2.64. The Bertz CT molecular complexity index is 1570. The first-order valence-electron chi connectivity index (χ1n) is 22.8. The molecule has 16 atom stereocenters. The van der Waals surface area contributed by atoms with Crippen LogP contribution >= 0.6 is 0 Å². The molecule has 334 valence electrons. The average Bonchev–Trinajstić information content (AvgIpc) is 3.86. The molecule has 9 rings (SSSR count). The number of fused-ring (bicyclic) bond motifs is 5. The molecule has 3 N–H and O–H groups in total. The van der Waals surface area contributed by atoms with Crippen molar-refractivity contribution in [3.05, 3.63) is 35.7 Å². The van der Waals surface area contributed by atoms with E-state index in [2.05, 4.69) is 38.3 Å². The summed E-state index contributed by atoms with van der Waals surface area (Å²) >= 11 is 0. The van der Waals surface area contributed by atoms with Crippen LogP contribution in [0.2, 0.25) is 0 Å². The monoisotopic (exact) mass is 830 g/mol. The fraction of sp³-hybridized carbons (Fsp3) is 0.872. The summed E-state index contributed by atoms with van der Waals surface area (Å²) in [5.74, 6) is 3.54. The second-order valence-corrected chi connectivity index (χ2v) is 20.3. The molecule has 4 aliphatic heterocycles. The largest absolute Gasteiger partial charge is 0.490 e. The number of allylic oxidation sites excluding steroid dienone is 1. The quantitative estimate of drug-likeness (QED) is 0.197. The molecule has 4 heterocycles. The number of methoxy groups -OCH3 is 1. The molecule has 0 bridgehead atoms. The standard InChI is InChI=1S/C46H71NO11.CH4/c1-26-19-30(25-52-26)33-13-17-46(50)35-10-9-31-20-32(11-15-44(31,4)34(35)12-16-45(33,46)5)55-39-21-36(48)41(28(3)54-39)57-40-22-37(49)42(43(51-6)58-40)56-38-14-18-47(23-27(2)53-38)24-29-7-8-29;/h19,27-29,31-41,48-50H,1,7-18,20-25H2,2-6H3;1H4/t27?,28-,31?,32?,33+,34?,35?,36-,37-,38?,39?,40+,41+,44?,45?,46-;/m0./s1. The summed E-state index contributed by atoms with van der Waals surface area (Å²) < 4.78 is 49.1. The molecule has 0 aromatic heterocycles. The molecule has 0 radical (unpaired) electrons. The lowest BCUT2D eigenvalue weighted by atomic mass is 9.43. The van der Waals surface area contributed by atoms with Gasteiger partial charge in [-0.3, -0.25) is 0 Å². The first kappa shape index (κ1) is 43.7. The molecule has 59 heavy (non-hydrogen) atoms. The third-order valence-corrected chi connectivity index (χ3v) is 16.7. The molecular weight excluding hydrogens is 755 g/mol. The summed E-state index contributed by atoms with van der Waals surface area (Å²) in [7, 11) is 1.48. The molecule has 0 amide bonds. The predicted molar refractivity (Wildman–Crippen MR) is 220 cm³/mol. The van der Waals surface area contributed by atoms with Gasteiger partial charge in [-0.15, -0.1) is 0 Å². The molecule has 0 aromatic rings. The molecular formula is C47H75NO11. The van der Waals surface area contributed by atoms with Gasteiger partial charge >= 0.3 is 5.95 Å². The molecule has 12 nitrogen and oxygen atoms in total. The zero-order valence-electron chi connectivity index (χ0n) is 35.7. The number of ether oxygens (including phenoxy) is 8. The van der Waals surface area contributed by atoms with Crippen molar-refractivity contribution in [2.24, 2.45) is 40.4 Å².